The summed E-state index contributed by atoms with van der Waals surface area (Å²) in [7, 11) is 0. The van der Waals surface area contributed by atoms with Gasteiger partial charge in [-0.2, -0.15) is 0 Å². The number of nitrogens with zero attached hydrogens (tertiary/aromatic N) is 1. The Morgan fingerprint density at radius 1 is 1.41 bits per heavy atom. The van der Waals surface area contributed by atoms with E-state index in [0.717, 1.165) is 24.9 Å². The smallest absolute Gasteiger partial charge is 0.188 e. The minimum Gasteiger partial charge on any atom is -0.370 e. The molecule has 0 spiro atoms. The van der Waals surface area contributed by atoms with Crippen molar-refractivity contribution in [3.63, 3.8) is 0 Å². The highest BCUT2D eigenvalue weighted by molar-refractivity contribution is 6.35. The second-order valence-corrected chi connectivity index (χ2v) is 4.56. The molecule has 3 N–H and O–H groups in total. The van der Waals surface area contributed by atoms with Crippen LogP contribution >= 0.6 is 23.2 Å². The molecule has 0 aliphatic rings. The lowest BCUT2D eigenvalue weighted by molar-refractivity contribution is 0.748. The van der Waals surface area contributed by atoms with E-state index in [1.807, 2.05) is 6.07 Å². The van der Waals surface area contributed by atoms with E-state index in [0.29, 0.717) is 22.5 Å². The predicted octanol–water partition coefficient (Wildman–Crippen LogP) is 3.20. The van der Waals surface area contributed by atoms with Crippen LogP contribution in [0.3, 0.4) is 0 Å². The molecule has 94 valence electrons. The first-order chi connectivity index (χ1) is 8.13. The summed E-state index contributed by atoms with van der Waals surface area (Å²) in [6.07, 6.45) is 2.21. The summed E-state index contributed by atoms with van der Waals surface area (Å²) in [5, 5.41) is 4.28. The summed E-state index contributed by atoms with van der Waals surface area (Å²) < 4.78 is 0. The number of aliphatic imine (C=N–C) groups is 1. The molecule has 0 aliphatic carbocycles. The second kappa shape index (κ2) is 7.41. The molecular weight excluding hydrogens is 257 g/mol. The van der Waals surface area contributed by atoms with Crippen LogP contribution in [0.25, 0.3) is 0 Å². The van der Waals surface area contributed by atoms with Crippen LogP contribution in [-0.4, -0.2) is 12.5 Å². The van der Waals surface area contributed by atoms with Crippen molar-refractivity contribution < 1.29 is 0 Å². The lowest BCUT2D eigenvalue weighted by atomic mass is 10.2. The third kappa shape index (κ3) is 5.29. The highest BCUT2D eigenvalue weighted by Crippen LogP contribution is 2.21. The Kier molecular flexibility index (Phi) is 6.16. The van der Waals surface area contributed by atoms with Gasteiger partial charge in [-0.1, -0.05) is 42.6 Å². The minimum atomic E-state index is 0.449. The van der Waals surface area contributed by atoms with Gasteiger partial charge in [0.05, 0.1) is 6.54 Å². The van der Waals surface area contributed by atoms with Crippen molar-refractivity contribution in [2.75, 3.05) is 6.54 Å². The zero-order valence-corrected chi connectivity index (χ0v) is 11.4. The molecule has 0 atom stereocenters. The molecule has 0 aliphatic heterocycles. The van der Waals surface area contributed by atoms with E-state index in [-0.39, 0.29) is 0 Å². The van der Waals surface area contributed by atoms with Gasteiger partial charge < -0.3 is 11.1 Å². The van der Waals surface area contributed by atoms with Gasteiger partial charge in [-0.3, -0.25) is 0 Å². The quantitative estimate of drug-likeness (QED) is 0.492. The molecule has 0 bridgehead atoms. The fraction of sp³-hybridized carbons (Fsp3) is 0.417. The summed E-state index contributed by atoms with van der Waals surface area (Å²) in [5.41, 5.74) is 6.63. The molecule has 0 aromatic heterocycles. The van der Waals surface area contributed by atoms with Crippen molar-refractivity contribution in [1.29, 1.82) is 0 Å². The topological polar surface area (TPSA) is 50.4 Å². The lowest BCUT2D eigenvalue weighted by Crippen LogP contribution is -2.32. The van der Waals surface area contributed by atoms with Gasteiger partial charge in [0, 0.05) is 16.6 Å². The van der Waals surface area contributed by atoms with Gasteiger partial charge in [0.25, 0.3) is 0 Å². The van der Waals surface area contributed by atoms with Crippen molar-refractivity contribution in [3.8, 4) is 0 Å². The van der Waals surface area contributed by atoms with Gasteiger partial charge in [-0.15, -0.1) is 0 Å². The maximum absolute atomic E-state index is 6.02. The van der Waals surface area contributed by atoms with Gasteiger partial charge in [0.2, 0.25) is 0 Å². The van der Waals surface area contributed by atoms with Crippen molar-refractivity contribution in [3.05, 3.63) is 33.8 Å². The molecule has 1 rings (SSSR count). The molecule has 0 heterocycles. The Labute approximate surface area is 112 Å². The molecule has 0 amide bonds. The monoisotopic (exact) mass is 273 g/mol. The Morgan fingerprint density at radius 2 is 2.18 bits per heavy atom. The average molecular weight is 274 g/mol. The molecule has 1 aromatic rings. The fourth-order valence-corrected chi connectivity index (χ4v) is 1.74. The molecule has 17 heavy (non-hydrogen) atoms. The summed E-state index contributed by atoms with van der Waals surface area (Å²) in [6, 6.07) is 5.35. The maximum Gasteiger partial charge on any atom is 0.188 e. The Hall–Kier alpha value is -0.930. The summed E-state index contributed by atoms with van der Waals surface area (Å²) >= 11 is 11.8. The number of benzene rings is 1. The molecule has 1 aromatic carbocycles. The maximum atomic E-state index is 6.02. The van der Waals surface area contributed by atoms with E-state index in [1.165, 1.54) is 0 Å². The van der Waals surface area contributed by atoms with Crippen LogP contribution in [0.2, 0.25) is 10.0 Å². The normalized spacial score (nSPS) is 11.6. The average Bonchev–Trinajstić information content (AvgIpc) is 2.28. The number of nitrogens with two attached hydrogens (primary N) is 1. The highest BCUT2D eigenvalue weighted by Gasteiger charge is 2.00. The number of unbranched alkanes of at least 4 members (excludes halogenated alkanes) is 1. The van der Waals surface area contributed by atoms with Crippen LogP contribution in [-0.2, 0) is 6.54 Å². The second-order valence-electron chi connectivity index (χ2n) is 3.72. The molecule has 3 nitrogen and oxygen atoms in total. The number of hydrogen-bond acceptors (Lipinski definition) is 1. The van der Waals surface area contributed by atoms with Gasteiger partial charge in [0.1, 0.15) is 0 Å². The predicted molar refractivity (Wildman–Crippen MR) is 74.7 cm³/mol. The number of guanidine groups is 1. The van der Waals surface area contributed by atoms with E-state index in [4.69, 9.17) is 28.9 Å². The molecular formula is C12H17Cl2N3. The van der Waals surface area contributed by atoms with Crippen molar-refractivity contribution in [2.24, 2.45) is 10.7 Å². The largest absolute Gasteiger partial charge is 0.370 e. The van der Waals surface area contributed by atoms with Crippen molar-refractivity contribution in [1.82, 2.24) is 5.32 Å². The van der Waals surface area contributed by atoms with E-state index < -0.39 is 0 Å². The highest BCUT2D eigenvalue weighted by atomic mass is 35.5. The van der Waals surface area contributed by atoms with Crippen LogP contribution in [0.1, 0.15) is 25.3 Å². The summed E-state index contributed by atoms with van der Waals surface area (Å²) in [6.45, 7) is 3.43. The number of halogens is 2. The van der Waals surface area contributed by atoms with E-state index in [9.17, 15) is 0 Å². The Morgan fingerprint density at radius 3 is 2.82 bits per heavy atom. The first kappa shape index (κ1) is 14.1. The SMILES string of the molecule is CCCCNC(N)=NCc1ccc(Cl)cc1Cl. The summed E-state index contributed by atoms with van der Waals surface area (Å²) in [4.78, 5) is 4.21. The van der Waals surface area contributed by atoms with Crippen LogP contribution in [0.5, 0.6) is 0 Å². The third-order valence-corrected chi connectivity index (χ3v) is 2.86. The number of hydrogen-bond donors (Lipinski definition) is 2. The zero-order chi connectivity index (χ0) is 12.7. The van der Waals surface area contributed by atoms with Crippen molar-refractivity contribution in [2.45, 2.75) is 26.3 Å². The molecule has 0 fully saturated rings. The van der Waals surface area contributed by atoms with Gasteiger partial charge in [0.15, 0.2) is 5.96 Å². The van der Waals surface area contributed by atoms with E-state index in [1.54, 1.807) is 12.1 Å². The third-order valence-electron chi connectivity index (χ3n) is 2.27. The molecule has 0 unspecified atom stereocenters. The standard InChI is InChI=1S/C12H17Cl2N3/c1-2-3-6-16-12(15)17-8-9-4-5-10(13)7-11(9)14/h4-5,7H,2-3,6,8H2,1H3,(H3,15,16,17). The first-order valence-corrected chi connectivity index (χ1v) is 6.36. The van der Waals surface area contributed by atoms with Crippen LogP contribution < -0.4 is 11.1 Å². The molecule has 5 heteroatoms. The minimum absolute atomic E-state index is 0.449. The van der Waals surface area contributed by atoms with Gasteiger partial charge in [-0.05, 0) is 24.1 Å². The van der Waals surface area contributed by atoms with Crippen LogP contribution in [0, 0.1) is 0 Å². The van der Waals surface area contributed by atoms with Crippen LogP contribution in [0.15, 0.2) is 23.2 Å². The van der Waals surface area contributed by atoms with Gasteiger partial charge >= 0.3 is 0 Å². The Bertz CT molecular complexity index is 391. The zero-order valence-electron chi connectivity index (χ0n) is 9.84. The molecule has 0 saturated carbocycles. The molecule has 0 saturated heterocycles. The molecule has 0 radical (unpaired) electrons. The fourth-order valence-electron chi connectivity index (χ4n) is 1.27. The number of nitrogens with one attached hydrogen (secondary N) is 1. The van der Waals surface area contributed by atoms with Crippen LogP contribution in [0.4, 0.5) is 0 Å². The lowest BCUT2D eigenvalue weighted by Gasteiger charge is -2.05. The van der Waals surface area contributed by atoms with E-state index in [2.05, 4.69) is 17.2 Å². The summed E-state index contributed by atoms with van der Waals surface area (Å²) in [5.74, 6) is 0.449. The number of rotatable bonds is 5. The van der Waals surface area contributed by atoms with E-state index >= 15 is 0 Å². The van der Waals surface area contributed by atoms with Gasteiger partial charge in [-0.25, -0.2) is 4.99 Å². The Balaban J connectivity index is 2.50. The first-order valence-electron chi connectivity index (χ1n) is 5.61. The van der Waals surface area contributed by atoms with Crippen molar-refractivity contribution >= 4 is 29.2 Å².